The lowest BCUT2D eigenvalue weighted by atomic mass is 9.88. The molecule has 2 aliphatic heterocycles. The highest BCUT2D eigenvalue weighted by Gasteiger charge is 2.63. The van der Waals surface area contributed by atoms with Crippen molar-refractivity contribution in [2.75, 3.05) is 20.8 Å². The molecule has 0 radical (unpaired) electrons. The average Bonchev–Trinajstić information content (AvgIpc) is 3.98. The molecule has 7 atom stereocenters. The number of pyridine rings is 1. The van der Waals surface area contributed by atoms with Gasteiger partial charge in [0.15, 0.2) is 4.21 Å². The largest absolute Gasteiger partial charge is 0.497 e. The molecule has 4 amide bonds. The van der Waals surface area contributed by atoms with E-state index in [-0.39, 0.29) is 44.0 Å². The number of hydrogen-bond acceptors (Lipinski definition) is 10. The summed E-state index contributed by atoms with van der Waals surface area (Å²) < 4.78 is 43.7. The van der Waals surface area contributed by atoms with Gasteiger partial charge in [-0.05, 0) is 68.6 Å². The molecule has 0 unspecified atom stereocenters. The summed E-state index contributed by atoms with van der Waals surface area (Å²) in [6.45, 7) is 3.70. The lowest BCUT2D eigenvalue weighted by Gasteiger charge is -2.32. The Morgan fingerprint density at radius 2 is 1.87 bits per heavy atom. The number of carboxylic acid groups (broad SMARTS) is 1. The predicted molar refractivity (Wildman–Crippen MR) is 190 cm³/mol. The summed E-state index contributed by atoms with van der Waals surface area (Å²) in [5, 5.41) is 16.2. The van der Waals surface area contributed by atoms with Gasteiger partial charge < -0.3 is 34.9 Å². The minimum atomic E-state index is -4.24. The first-order valence-corrected chi connectivity index (χ1v) is 19.2. The number of methoxy groups -OCH3 is 2. The summed E-state index contributed by atoms with van der Waals surface area (Å²) in [7, 11) is -1.20. The molecule has 2 aromatic rings. The SMILES string of the molecule is COc1ccc2c(O[C@@H]3C[C@H]4C(=O)N[C@]5(C(=O)NS(=O)(=O)C6(Cl)CC6)C[C@H]5/C=C\CC[C@@H](C)C[C@@H](C)[C@H](NC(=O)O)C(=O)N4C3)ncc(OC)c2c1. The third kappa shape index (κ3) is 7.31. The first kappa shape index (κ1) is 37.4. The number of nitrogens with zero attached hydrogens (tertiary/aromatic N) is 2. The molecule has 6 rings (SSSR count). The molecule has 0 spiro atoms. The molecule has 3 fully saturated rings. The zero-order chi connectivity index (χ0) is 37.6. The van der Waals surface area contributed by atoms with Gasteiger partial charge in [0.25, 0.3) is 15.9 Å². The molecule has 1 saturated heterocycles. The number of sulfonamides is 1. The van der Waals surface area contributed by atoms with Gasteiger partial charge in [-0.2, -0.15) is 0 Å². The van der Waals surface area contributed by atoms with Crippen LogP contribution in [0.3, 0.4) is 0 Å². The van der Waals surface area contributed by atoms with Crippen molar-refractivity contribution in [1.29, 1.82) is 0 Å². The van der Waals surface area contributed by atoms with E-state index in [1.54, 1.807) is 25.1 Å². The van der Waals surface area contributed by atoms with E-state index in [4.69, 9.17) is 25.8 Å². The molecule has 2 saturated carbocycles. The third-order valence-corrected chi connectivity index (χ3v) is 13.4. The van der Waals surface area contributed by atoms with E-state index >= 15 is 0 Å². The first-order valence-electron chi connectivity index (χ1n) is 17.3. The number of aromatic nitrogens is 1. The number of carbonyl (C=O) groups is 4. The van der Waals surface area contributed by atoms with Crippen LogP contribution in [0.5, 0.6) is 17.4 Å². The number of fused-ring (bicyclic) bond motifs is 3. The second kappa shape index (κ2) is 14.3. The Labute approximate surface area is 306 Å². The minimum absolute atomic E-state index is 0.0329. The van der Waals surface area contributed by atoms with Crippen LogP contribution in [0.25, 0.3) is 10.8 Å². The smallest absolute Gasteiger partial charge is 0.405 e. The van der Waals surface area contributed by atoms with Crippen LogP contribution in [0, 0.1) is 17.8 Å². The number of benzene rings is 1. The fraction of sp³-hybridized carbons (Fsp3) is 0.571. The topological polar surface area (TPSA) is 203 Å². The van der Waals surface area contributed by atoms with Crippen molar-refractivity contribution in [1.82, 2.24) is 25.2 Å². The number of halogens is 1. The number of amides is 4. The normalized spacial score (nSPS) is 30.8. The molecule has 4 N–H and O–H groups in total. The Bertz CT molecular complexity index is 1910. The first-order chi connectivity index (χ1) is 24.6. The van der Waals surface area contributed by atoms with Gasteiger partial charge in [-0.3, -0.25) is 14.4 Å². The minimum Gasteiger partial charge on any atom is -0.497 e. The lowest BCUT2D eigenvalue weighted by Crippen LogP contribution is -2.59. The van der Waals surface area contributed by atoms with Crippen molar-refractivity contribution < 1.29 is 46.9 Å². The molecule has 2 aliphatic carbocycles. The van der Waals surface area contributed by atoms with Gasteiger partial charge in [-0.25, -0.2) is 22.9 Å². The zero-order valence-corrected chi connectivity index (χ0v) is 31.0. The van der Waals surface area contributed by atoms with E-state index in [0.29, 0.717) is 41.5 Å². The van der Waals surface area contributed by atoms with E-state index in [9.17, 15) is 32.7 Å². The summed E-state index contributed by atoms with van der Waals surface area (Å²) in [5.41, 5.74) is -1.61. The van der Waals surface area contributed by atoms with Gasteiger partial charge in [0.1, 0.15) is 35.2 Å². The number of ether oxygens (including phenoxy) is 3. The second-order valence-corrected chi connectivity index (χ2v) is 17.3. The van der Waals surface area contributed by atoms with Crippen LogP contribution in [-0.2, 0) is 24.4 Å². The van der Waals surface area contributed by atoms with Crippen molar-refractivity contribution in [3.63, 3.8) is 0 Å². The van der Waals surface area contributed by atoms with Gasteiger partial charge in [0.2, 0.25) is 17.7 Å². The van der Waals surface area contributed by atoms with Crippen molar-refractivity contribution in [3.8, 4) is 17.4 Å². The monoisotopic (exact) mass is 761 g/mol. The summed E-state index contributed by atoms with van der Waals surface area (Å²) in [4.78, 5) is 60.1. The number of allylic oxidation sites excluding steroid dienone is 1. The number of alkyl halides is 1. The van der Waals surface area contributed by atoms with Gasteiger partial charge in [0.05, 0.1) is 27.0 Å². The van der Waals surface area contributed by atoms with Crippen LogP contribution in [0.1, 0.15) is 58.8 Å². The molecule has 1 aromatic carbocycles. The van der Waals surface area contributed by atoms with E-state index in [2.05, 4.69) is 20.3 Å². The van der Waals surface area contributed by atoms with Crippen molar-refractivity contribution >= 4 is 56.2 Å². The fourth-order valence-electron chi connectivity index (χ4n) is 7.33. The van der Waals surface area contributed by atoms with Crippen LogP contribution < -0.4 is 29.6 Å². The van der Waals surface area contributed by atoms with E-state index in [0.717, 1.165) is 0 Å². The Hall–Kier alpha value is -4.31. The highest BCUT2D eigenvalue weighted by Crippen LogP contribution is 2.49. The third-order valence-electron chi connectivity index (χ3n) is 10.6. The molecular formula is C35H44ClN5O10S. The molecule has 4 aliphatic rings. The van der Waals surface area contributed by atoms with Crippen molar-refractivity contribution in [2.45, 2.75) is 86.7 Å². The Kier molecular flexibility index (Phi) is 10.3. The zero-order valence-electron chi connectivity index (χ0n) is 29.4. The molecule has 1 aromatic heterocycles. The average molecular weight is 762 g/mol. The summed E-state index contributed by atoms with van der Waals surface area (Å²) in [6.07, 6.45) is 5.37. The summed E-state index contributed by atoms with van der Waals surface area (Å²) in [6, 6.07) is 2.87. The highest BCUT2D eigenvalue weighted by molar-refractivity contribution is 7.93. The van der Waals surface area contributed by atoms with Crippen molar-refractivity contribution in [2.24, 2.45) is 17.8 Å². The lowest BCUT2D eigenvalue weighted by molar-refractivity contribution is -0.142. The Morgan fingerprint density at radius 1 is 1.12 bits per heavy atom. The highest BCUT2D eigenvalue weighted by atomic mass is 35.5. The summed E-state index contributed by atoms with van der Waals surface area (Å²) >= 11 is 6.19. The van der Waals surface area contributed by atoms with Crippen molar-refractivity contribution in [3.05, 3.63) is 36.5 Å². The molecule has 3 heterocycles. The van der Waals surface area contributed by atoms with Crippen LogP contribution in [0.2, 0.25) is 0 Å². The number of carbonyl (C=O) groups excluding carboxylic acids is 3. The van der Waals surface area contributed by atoms with E-state index in [1.165, 1.54) is 25.3 Å². The van der Waals surface area contributed by atoms with E-state index in [1.807, 2.05) is 19.1 Å². The molecule has 282 valence electrons. The predicted octanol–water partition coefficient (Wildman–Crippen LogP) is 3.30. The van der Waals surface area contributed by atoms with Gasteiger partial charge in [-0.1, -0.05) is 37.6 Å². The van der Waals surface area contributed by atoms with E-state index < -0.39 is 73.6 Å². The molecule has 0 bridgehead atoms. The van der Waals surface area contributed by atoms with Gasteiger partial charge in [-0.15, -0.1) is 0 Å². The Morgan fingerprint density at radius 3 is 2.54 bits per heavy atom. The van der Waals surface area contributed by atoms with Crippen LogP contribution in [0.4, 0.5) is 4.79 Å². The maximum atomic E-state index is 14.4. The molecule has 17 heteroatoms. The maximum Gasteiger partial charge on any atom is 0.405 e. The Balaban J connectivity index is 1.35. The number of nitrogens with one attached hydrogen (secondary N) is 3. The number of hydrogen-bond donors (Lipinski definition) is 4. The van der Waals surface area contributed by atoms with Crippen LogP contribution in [0.15, 0.2) is 36.5 Å². The standard InChI is InChI=1S/C35H44ClN5O10S/c1-19-7-5-6-8-21-16-35(21,32(44)40-52(47,48)34(36)11-12-34)39-29(42)26-15-23(18-41(26)31(43)28(20(2)13-19)38-33(45)46)51-30-24-10-9-22(49-3)14-25(24)27(50-4)17-37-30/h6,8-10,14,17,19-21,23,26,28,38H,5,7,11-13,15-16,18H2,1-4H3,(H,39,42)(H,40,44)(H,45,46)/b8-6-/t19-,20-,21-,23-,26+,28+,35-/m1/s1. The van der Waals surface area contributed by atoms with Gasteiger partial charge in [0, 0.05) is 23.1 Å². The molecule has 52 heavy (non-hydrogen) atoms. The fourth-order valence-corrected chi connectivity index (χ4v) is 8.79. The van der Waals surface area contributed by atoms with Gasteiger partial charge >= 0.3 is 6.09 Å². The van der Waals surface area contributed by atoms with Crippen LogP contribution >= 0.6 is 11.6 Å². The summed E-state index contributed by atoms with van der Waals surface area (Å²) in [5.74, 6) is -1.82. The molecule has 15 nitrogen and oxygen atoms in total. The maximum absolute atomic E-state index is 14.4. The second-order valence-electron chi connectivity index (χ2n) is 14.4. The van der Waals surface area contributed by atoms with Crippen LogP contribution in [-0.4, -0.2) is 95.9 Å². The quantitative estimate of drug-likeness (QED) is 0.227. The number of rotatable bonds is 8. The molecular weight excluding hydrogens is 718 g/mol.